The van der Waals surface area contributed by atoms with Crippen molar-refractivity contribution in [1.82, 2.24) is 9.80 Å². The maximum atomic E-state index is 6.31. The molecule has 0 bridgehead atoms. The Bertz CT molecular complexity index is 410. The Morgan fingerprint density at radius 1 is 1.20 bits per heavy atom. The summed E-state index contributed by atoms with van der Waals surface area (Å²) in [5.41, 5.74) is 7.00. The van der Waals surface area contributed by atoms with Crippen LogP contribution in [0.5, 0.6) is 0 Å². The summed E-state index contributed by atoms with van der Waals surface area (Å²) < 4.78 is 0. The molecule has 0 heterocycles. The van der Waals surface area contributed by atoms with Gasteiger partial charge in [0.1, 0.15) is 0 Å². The molecule has 0 fully saturated rings. The van der Waals surface area contributed by atoms with E-state index in [0.29, 0.717) is 11.6 Å². The molecule has 1 rings (SSSR count). The molecule has 1 unspecified atom stereocenters. The van der Waals surface area contributed by atoms with Crippen LogP contribution in [0, 0.1) is 0 Å². The first-order valence-corrected chi connectivity index (χ1v) is 7.79. The number of likely N-dealkylation sites (N-methyl/N-ethyl adjacent to an activating group) is 1. The minimum absolute atomic E-state index is 0.119. The summed E-state index contributed by atoms with van der Waals surface area (Å²) in [5.74, 6) is 0. The summed E-state index contributed by atoms with van der Waals surface area (Å²) in [7, 11) is 4.18. The topological polar surface area (TPSA) is 32.5 Å². The lowest BCUT2D eigenvalue weighted by molar-refractivity contribution is 0.201. The van der Waals surface area contributed by atoms with Crippen LogP contribution in [0.4, 0.5) is 0 Å². The van der Waals surface area contributed by atoms with Crippen LogP contribution in [0.15, 0.2) is 18.2 Å². The maximum Gasteiger partial charge on any atom is 0.0485 e. The second kappa shape index (κ2) is 8.85. The highest BCUT2D eigenvalue weighted by molar-refractivity contribution is 6.33. The van der Waals surface area contributed by atoms with Gasteiger partial charge in [0, 0.05) is 29.2 Å². The van der Waals surface area contributed by atoms with Crippen molar-refractivity contribution < 1.29 is 0 Å². The molecule has 1 aromatic rings. The molecule has 1 aromatic carbocycles. The zero-order valence-electron chi connectivity index (χ0n) is 12.6. The first-order valence-electron chi connectivity index (χ1n) is 7.03. The van der Waals surface area contributed by atoms with Crippen molar-refractivity contribution in [3.63, 3.8) is 0 Å². The minimum atomic E-state index is 0.119. The van der Waals surface area contributed by atoms with Crippen LogP contribution in [0.25, 0.3) is 0 Å². The molecule has 2 N–H and O–H groups in total. The summed E-state index contributed by atoms with van der Waals surface area (Å²) in [6, 6.07) is 5.70. The Kier molecular flexibility index (Phi) is 7.85. The van der Waals surface area contributed by atoms with Gasteiger partial charge < -0.3 is 10.6 Å². The van der Waals surface area contributed by atoms with Gasteiger partial charge in [-0.15, -0.1) is 0 Å². The van der Waals surface area contributed by atoms with Crippen molar-refractivity contribution in [1.29, 1.82) is 0 Å². The van der Waals surface area contributed by atoms with Gasteiger partial charge in [-0.05, 0) is 57.4 Å². The molecule has 1 atom stereocenters. The van der Waals surface area contributed by atoms with E-state index in [9.17, 15) is 0 Å². The van der Waals surface area contributed by atoms with Crippen LogP contribution < -0.4 is 5.73 Å². The number of nitrogens with zero attached hydrogens (tertiary/aromatic N) is 2. The molecule has 0 saturated heterocycles. The fourth-order valence-corrected chi connectivity index (χ4v) is 2.79. The average molecular weight is 318 g/mol. The van der Waals surface area contributed by atoms with Crippen LogP contribution >= 0.6 is 23.2 Å². The third-order valence-electron chi connectivity index (χ3n) is 3.44. The van der Waals surface area contributed by atoms with Gasteiger partial charge in [0.25, 0.3) is 0 Å². The summed E-state index contributed by atoms with van der Waals surface area (Å²) in [6.07, 6.45) is 1.11. The number of halogens is 2. The number of rotatable bonds is 8. The molecule has 0 aromatic heterocycles. The van der Waals surface area contributed by atoms with E-state index in [2.05, 4.69) is 30.8 Å². The largest absolute Gasteiger partial charge is 0.329 e. The first-order chi connectivity index (χ1) is 9.49. The number of benzene rings is 1. The first kappa shape index (κ1) is 17.7. The lowest BCUT2D eigenvalue weighted by atomic mass is 10.0. The van der Waals surface area contributed by atoms with Crippen LogP contribution in [-0.2, 0) is 0 Å². The van der Waals surface area contributed by atoms with Crippen LogP contribution in [0.1, 0.15) is 24.9 Å². The predicted molar refractivity (Wildman–Crippen MR) is 88.7 cm³/mol. The summed E-state index contributed by atoms with van der Waals surface area (Å²) in [4.78, 5) is 4.55. The maximum absolute atomic E-state index is 6.31. The Balaban J connectivity index is 2.82. The Morgan fingerprint density at radius 3 is 2.45 bits per heavy atom. The molecule has 0 radical (unpaired) electrons. The van der Waals surface area contributed by atoms with E-state index in [-0.39, 0.29) is 6.04 Å². The number of hydrogen-bond acceptors (Lipinski definition) is 3. The Hall–Kier alpha value is -0.320. The molecule has 0 aliphatic heterocycles. The second-order valence-corrected chi connectivity index (χ2v) is 6.05. The lowest BCUT2D eigenvalue weighted by Gasteiger charge is -2.31. The van der Waals surface area contributed by atoms with Gasteiger partial charge in [0.2, 0.25) is 0 Å². The summed E-state index contributed by atoms with van der Waals surface area (Å²) in [6.45, 7) is 5.70. The van der Waals surface area contributed by atoms with E-state index in [4.69, 9.17) is 28.9 Å². The molecule has 114 valence electrons. The average Bonchev–Trinajstić information content (AvgIpc) is 2.41. The predicted octanol–water partition coefficient (Wildman–Crippen LogP) is 3.27. The molecule has 3 nitrogen and oxygen atoms in total. The quantitative estimate of drug-likeness (QED) is 0.798. The third-order valence-corrected chi connectivity index (χ3v) is 4.02. The van der Waals surface area contributed by atoms with Crippen molar-refractivity contribution in [2.45, 2.75) is 19.4 Å². The van der Waals surface area contributed by atoms with Gasteiger partial charge in [-0.1, -0.05) is 30.1 Å². The molecular formula is C15H25Cl2N3. The van der Waals surface area contributed by atoms with Crippen molar-refractivity contribution in [3.8, 4) is 0 Å². The molecular weight excluding hydrogens is 293 g/mol. The molecule has 0 amide bonds. The zero-order valence-corrected chi connectivity index (χ0v) is 14.1. The van der Waals surface area contributed by atoms with E-state index in [0.717, 1.165) is 36.6 Å². The standard InChI is InChI=1S/C15H25Cl2N3/c1-4-20(9-5-8-19(2)3)15(11-18)13-10-12(16)6-7-14(13)17/h6-7,10,15H,4-5,8-9,11,18H2,1-3H3. The summed E-state index contributed by atoms with van der Waals surface area (Å²) >= 11 is 12.4. The van der Waals surface area contributed by atoms with Crippen LogP contribution in [0.3, 0.4) is 0 Å². The monoisotopic (exact) mass is 317 g/mol. The Morgan fingerprint density at radius 2 is 1.90 bits per heavy atom. The smallest absolute Gasteiger partial charge is 0.0485 e. The fraction of sp³-hybridized carbons (Fsp3) is 0.600. The van der Waals surface area contributed by atoms with Crippen molar-refractivity contribution >= 4 is 23.2 Å². The number of hydrogen-bond donors (Lipinski definition) is 1. The Labute approximate surface area is 132 Å². The fourth-order valence-electron chi connectivity index (χ4n) is 2.37. The number of nitrogens with two attached hydrogens (primary N) is 1. The van der Waals surface area contributed by atoms with Gasteiger partial charge in [-0.25, -0.2) is 0 Å². The normalized spacial score (nSPS) is 13.2. The second-order valence-electron chi connectivity index (χ2n) is 5.20. The lowest BCUT2D eigenvalue weighted by Crippen LogP contribution is -2.35. The van der Waals surface area contributed by atoms with E-state index in [1.54, 1.807) is 0 Å². The zero-order chi connectivity index (χ0) is 15.1. The molecule has 5 heteroatoms. The van der Waals surface area contributed by atoms with E-state index < -0.39 is 0 Å². The van der Waals surface area contributed by atoms with Crippen molar-refractivity contribution in [2.75, 3.05) is 40.3 Å². The van der Waals surface area contributed by atoms with E-state index in [1.165, 1.54) is 0 Å². The van der Waals surface area contributed by atoms with Crippen LogP contribution in [0.2, 0.25) is 10.0 Å². The highest BCUT2D eigenvalue weighted by Gasteiger charge is 2.20. The summed E-state index contributed by atoms with van der Waals surface area (Å²) in [5, 5.41) is 1.43. The van der Waals surface area contributed by atoms with Gasteiger partial charge >= 0.3 is 0 Å². The minimum Gasteiger partial charge on any atom is -0.329 e. The molecule has 20 heavy (non-hydrogen) atoms. The van der Waals surface area contributed by atoms with Gasteiger partial charge in [0.05, 0.1) is 0 Å². The van der Waals surface area contributed by atoms with E-state index in [1.807, 2.05) is 18.2 Å². The van der Waals surface area contributed by atoms with Gasteiger partial charge in [-0.3, -0.25) is 4.90 Å². The highest BCUT2D eigenvalue weighted by atomic mass is 35.5. The van der Waals surface area contributed by atoms with Crippen LogP contribution in [-0.4, -0.2) is 50.1 Å². The molecule has 0 spiro atoms. The van der Waals surface area contributed by atoms with Gasteiger partial charge in [-0.2, -0.15) is 0 Å². The van der Waals surface area contributed by atoms with E-state index >= 15 is 0 Å². The van der Waals surface area contributed by atoms with Gasteiger partial charge in [0.15, 0.2) is 0 Å². The third kappa shape index (κ3) is 5.23. The SMILES string of the molecule is CCN(CCCN(C)C)C(CN)c1cc(Cl)ccc1Cl. The molecule has 0 saturated carbocycles. The van der Waals surface area contributed by atoms with Crippen molar-refractivity contribution in [2.24, 2.45) is 5.73 Å². The highest BCUT2D eigenvalue weighted by Crippen LogP contribution is 2.29. The molecule has 0 aliphatic carbocycles. The van der Waals surface area contributed by atoms with Crippen molar-refractivity contribution in [3.05, 3.63) is 33.8 Å². The molecule has 0 aliphatic rings.